The van der Waals surface area contributed by atoms with Gasteiger partial charge >= 0.3 is 0 Å². The van der Waals surface area contributed by atoms with Gasteiger partial charge in [0.25, 0.3) is 0 Å². The third-order valence-corrected chi connectivity index (χ3v) is 4.68. The zero-order valence-electron chi connectivity index (χ0n) is 11.3. The van der Waals surface area contributed by atoms with E-state index in [1.807, 2.05) is 18.8 Å². The molecule has 1 N–H and O–H groups in total. The fourth-order valence-corrected chi connectivity index (χ4v) is 3.29. The van der Waals surface area contributed by atoms with Crippen LogP contribution in [0.4, 0.5) is 0 Å². The van der Waals surface area contributed by atoms with Crippen LogP contribution in [-0.4, -0.2) is 29.0 Å². The van der Waals surface area contributed by atoms with Crippen LogP contribution < -0.4 is 5.32 Å². The van der Waals surface area contributed by atoms with Crippen molar-refractivity contribution in [3.8, 4) is 0 Å². The predicted octanol–water partition coefficient (Wildman–Crippen LogP) is 2.96. The molecule has 1 fully saturated rings. The second-order valence-electron chi connectivity index (χ2n) is 4.89. The van der Waals surface area contributed by atoms with Crippen molar-refractivity contribution >= 4 is 11.8 Å². The molecular formula is C13H23N3OS. The summed E-state index contributed by atoms with van der Waals surface area (Å²) in [5.41, 5.74) is 0. The normalized spacial score (nSPS) is 24.3. The molecular weight excluding hydrogens is 246 g/mol. The molecule has 1 aromatic heterocycles. The van der Waals surface area contributed by atoms with E-state index in [-0.39, 0.29) is 0 Å². The summed E-state index contributed by atoms with van der Waals surface area (Å²) in [4.78, 5) is 4.57. The summed E-state index contributed by atoms with van der Waals surface area (Å²) in [7, 11) is 2.03. The van der Waals surface area contributed by atoms with Gasteiger partial charge in [0, 0.05) is 6.04 Å². The maximum atomic E-state index is 5.45. The molecule has 1 aliphatic carbocycles. The summed E-state index contributed by atoms with van der Waals surface area (Å²) in [5, 5.41) is 7.48. The summed E-state index contributed by atoms with van der Waals surface area (Å²) >= 11 is 1.87. The monoisotopic (exact) mass is 269 g/mol. The minimum absolute atomic E-state index is 0.404. The molecule has 102 valence electrons. The Kier molecular flexibility index (Phi) is 5.50. The zero-order chi connectivity index (χ0) is 12.8. The van der Waals surface area contributed by atoms with E-state index < -0.39 is 0 Å². The Bertz CT molecular complexity index is 356. The topological polar surface area (TPSA) is 51.0 Å². The molecule has 1 aliphatic rings. The van der Waals surface area contributed by atoms with E-state index in [2.05, 4.69) is 22.4 Å². The van der Waals surface area contributed by atoms with Gasteiger partial charge in [-0.1, -0.05) is 24.9 Å². The number of nitrogens with one attached hydrogen (secondary N) is 1. The Morgan fingerprint density at radius 1 is 1.39 bits per heavy atom. The van der Waals surface area contributed by atoms with Gasteiger partial charge in [0.1, 0.15) is 0 Å². The number of rotatable bonds is 6. The van der Waals surface area contributed by atoms with Gasteiger partial charge in [0.15, 0.2) is 5.82 Å². The Balaban J connectivity index is 1.95. The van der Waals surface area contributed by atoms with E-state index >= 15 is 0 Å². The molecule has 18 heavy (non-hydrogen) atoms. The van der Waals surface area contributed by atoms with E-state index in [1.54, 1.807) is 0 Å². The first kappa shape index (κ1) is 13.9. The quantitative estimate of drug-likeness (QED) is 0.805. The van der Waals surface area contributed by atoms with Crippen molar-refractivity contribution in [1.82, 2.24) is 15.5 Å². The molecule has 2 atom stereocenters. The highest BCUT2D eigenvalue weighted by molar-refractivity contribution is 7.98. The Morgan fingerprint density at radius 3 is 3.00 bits per heavy atom. The lowest BCUT2D eigenvalue weighted by atomic mass is 9.84. The summed E-state index contributed by atoms with van der Waals surface area (Å²) in [5.74, 6) is 4.12. The smallest absolute Gasteiger partial charge is 0.231 e. The first-order chi connectivity index (χ1) is 8.85. The molecule has 2 unspecified atom stereocenters. The average molecular weight is 269 g/mol. The molecule has 2 rings (SSSR count). The summed E-state index contributed by atoms with van der Waals surface area (Å²) in [6, 6.07) is 0.496. The third-order valence-electron chi connectivity index (χ3n) is 3.52. The molecule has 0 spiro atoms. The Labute approximate surface area is 113 Å². The van der Waals surface area contributed by atoms with Crippen LogP contribution in [0.3, 0.4) is 0 Å². The van der Waals surface area contributed by atoms with E-state index in [4.69, 9.17) is 4.52 Å². The van der Waals surface area contributed by atoms with Crippen molar-refractivity contribution in [2.24, 2.45) is 0 Å². The number of aromatic nitrogens is 2. The molecule has 1 heterocycles. The van der Waals surface area contributed by atoms with E-state index in [9.17, 15) is 0 Å². The Hall–Kier alpha value is -0.550. The number of thioether (sulfide) groups is 1. The molecule has 0 aromatic carbocycles. The minimum Gasteiger partial charge on any atom is -0.339 e. The molecule has 0 radical (unpaired) electrons. The third kappa shape index (κ3) is 3.48. The largest absolute Gasteiger partial charge is 0.339 e. The molecule has 1 saturated carbocycles. The van der Waals surface area contributed by atoms with Crippen molar-refractivity contribution in [1.29, 1.82) is 0 Å². The van der Waals surface area contributed by atoms with Crippen molar-refractivity contribution in [3.05, 3.63) is 11.7 Å². The minimum atomic E-state index is 0.404. The fraction of sp³-hybridized carbons (Fsp3) is 0.846. The molecule has 4 nitrogen and oxygen atoms in total. The van der Waals surface area contributed by atoms with Crippen molar-refractivity contribution in [2.75, 3.05) is 12.8 Å². The Morgan fingerprint density at radius 2 is 2.22 bits per heavy atom. The standard InChI is InChI=1S/C13H23N3OS/c1-3-8-18-9-12-15-13(17-16-12)10-6-4-5-7-11(10)14-2/h10-11,14H,3-9H2,1-2H3. The number of hydrogen-bond donors (Lipinski definition) is 1. The second kappa shape index (κ2) is 7.14. The van der Waals surface area contributed by atoms with Crippen LogP contribution in [0.2, 0.25) is 0 Å². The lowest BCUT2D eigenvalue weighted by molar-refractivity contribution is 0.270. The van der Waals surface area contributed by atoms with Gasteiger partial charge < -0.3 is 9.84 Å². The van der Waals surface area contributed by atoms with Gasteiger partial charge in [0.05, 0.1) is 11.7 Å². The van der Waals surface area contributed by atoms with Crippen molar-refractivity contribution in [2.45, 2.75) is 56.7 Å². The first-order valence-electron chi connectivity index (χ1n) is 6.92. The van der Waals surface area contributed by atoms with Crippen LogP contribution in [0.5, 0.6) is 0 Å². The lowest BCUT2D eigenvalue weighted by Gasteiger charge is -2.28. The molecule has 0 amide bonds. The zero-order valence-corrected chi connectivity index (χ0v) is 12.1. The molecule has 5 heteroatoms. The van der Waals surface area contributed by atoms with Gasteiger partial charge in [-0.25, -0.2) is 0 Å². The van der Waals surface area contributed by atoms with Gasteiger partial charge in [-0.15, -0.1) is 0 Å². The van der Waals surface area contributed by atoms with E-state index in [0.717, 1.165) is 29.6 Å². The van der Waals surface area contributed by atoms with Gasteiger partial charge in [0.2, 0.25) is 5.89 Å². The molecule has 0 aliphatic heterocycles. The maximum Gasteiger partial charge on any atom is 0.231 e. The highest BCUT2D eigenvalue weighted by Gasteiger charge is 2.29. The van der Waals surface area contributed by atoms with Crippen LogP contribution in [0, 0.1) is 0 Å². The molecule has 1 aromatic rings. The number of hydrogen-bond acceptors (Lipinski definition) is 5. The van der Waals surface area contributed by atoms with Crippen molar-refractivity contribution in [3.63, 3.8) is 0 Å². The van der Waals surface area contributed by atoms with Crippen molar-refractivity contribution < 1.29 is 4.52 Å². The van der Waals surface area contributed by atoms with Gasteiger partial charge in [-0.3, -0.25) is 0 Å². The number of nitrogens with zero attached hydrogens (tertiary/aromatic N) is 2. The van der Waals surface area contributed by atoms with Gasteiger partial charge in [-0.2, -0.15) is 16.7 Å². The van der Waals surface area contributed by atoms with Crippen LogP contribution in [-0.2, 0) is 5.75 Å². The summed E-state index contributed by atoms with van der Waals surface area (Å²) < 4.78 is 5.45. The summed E-state index contributed by atoms with van der Waals surface area (Å²) in [6.07, 6.45) is 6.14. The predicted molar refractivity (Wildman–Crippen MR) is 74.8 cm³/mol. The van der Waals surface area contributed by atoms with Gasteiger partial charge in [-0.05, 0) is 32.1 Å². The van der Waals surface area contributed by atoms with E-state index in [0.29, 0.717) is 12.0 Å². The van der Waals surface area contributed by atoms with E-state index in [1.165, 1.54) is 25.7 Å². The molecule has 0 saturated heterocycles. The van der Waals surface area contributed by atoms with Crippen LogP contribution in [0.15, 0.2) is 4.52 Å². The lowest BCUT2D eigenvalue weighted by Crippen LogP contribution is -2.34. The van der Waals surface area contributed by atoms with Crippen LogP contribution in [0.1, 0.15) is 56.7 Å². The summed E-state index contributed by atoms with van der Waals surface area (Å²) in [6.45, 7) is 2.19. The highest BCUT2D eigenvalue weighted by Crippen LogP contribution is 2.32. The van der Waals surface area contributed by atoms with Crippen LogP contribution in [0.25, 0.3) is 0 Å². The SMILES string of the molecule is CCCSCc1noc(C2CCCCC2NC)n1. The molecule has 0 bridgehead atoms. The number of likely N-dealkylation sites (N-methyl/N-ethyl adjacent to an activating group) is 1. The average Bonchev–Trinajstić information content (AvgIpc) is 2.88. The second-order valence-corrected chi connectivity index (χ2v) is 5.99. The highest BCUT2D eigenvalue weighted by atomic mass is 32.2. The maximum absolute atomic E-state index is 5.45. The fourth-order valence-electron chi connectivity index (χ4n) is 2.56. The van der Waals surface area contributed by atoms with Crippen LogP contribution >= 0.6 is 11.8 Å². The first-order valence-corrected chi connectivity index (χ1v) is 8.08.